The predicted molar refractivity (Wildman–Crippen MR) is 166 cm³/mol. The van der Waals surface area contributed by atoms with E-state index in [0.717, 1.165) is 25.7 Å². The molecule has 2 unspecified atom stereocenters. The van der Waals surface area contributed by atoms with Crippen LogP contribution < -0.4 is 5.32 Å². The number of nitrogens with zero attached hydrogens (tertiary/aromatic N) is 1. The molecule has 40 heavy (non-hydrogen) atoms. The summed E-state index contributed by atoms with van der Waals surface area (Å²) in [5.41, 5.74) is 0. The molecule has 0 rings (SSSR count). The van der Waals surface area contributed by atoms with Crippen LogP contribution in [0.1, 0.15) is 136 Å². The van der Waals surface area contributed by atoms with Crippen molar-refractivity contribution in [2.75, 3.05) is 54.1 Å². The van der Waals surface area contributed by atoms with Gasteiger partial charge in [0.05, 0.1) is 33.9 Å². The lowest BCUT2D eigenvalue weighted by atomic mass is 10.1. The van der Waals surface area contributed by atoms with Crippen molar-refractivity contribution in [3.8, 4) is 0 Å². The van der Waals surface area contributed by atoms with E-state index in [2.05, 4.69) is 19.2 Å². The van der Waals surface area contributed by atoms with Crippen LogP contribution in [0, 0.1) is 0 Å². The number of hydrogen-bond donors (Lipinski definition) is 2. The molecule has 0 saturated heterocycles. The smallest absolute Gasteiger partial charge is 0.374 e. The molecular weight excluding hydrogens is 527 g/mol. The number of hydrogen-bond acceptors (Lipinski definition) is 5. The van der Waals surface area contributed by atoms with E-state index in [0.29, 0.717) is 24.1 Å². The zero-order valence-corrected chi connectivity index (χ0v) is 27.8. The van der Waals surface area contributed by atoms with Gasteiger partial charge in [-0.1, -0.05) is 117 Å². The number of nitrogens with one attached hydrogen (secondary N) is 1. The molecule has 0 saturated carbocycles. The highest BCUT2D eigenvalue weighted by Gasteiger charge is 2.25. The molecule has 2 atom stereocenters. The number of quaternary nitrogens is 1. The average molecular weight is 594 g/mol. The maximum Gasteiger partial charge on any atom is 0.472 e. The van der Waals surface area contributed by atoms with Gasteiger partial charge in [-0.15, -0.1) is 0 Å². The molecular formula is C31H66N2O6P+. The fourth-order valence-electron chi connectivity index (χ4n) is 4.39. The first-order valence-electron chi connectivity index (χ1n) is 16.4. The molecule has 9 heteroatoms. The summed E-state index contributed by atoms with van der Waals surface area (Å²) in [6, 6.07) is 0. The number of carbonyl (C=O) groups excluding carboxylic acids is 1. The van der Waals surface area contributed by atoms with Gasteiger partial charge in [-0.25, -0.2) is 4.57 Å². The van der Waals surface area contributed by atoms with E-state index in [9.17, 15) is 14.3 Å². The molecule has 0 aliphatic rings. The summed E-state index contributed by atoms with van der Waals surface area (Å²) < 4.78 is 29.3. The molecule has 0 aromatic heterocycles. The van der Waals surface area contributed by atoms with Gasteiger partial charge < -0.3 is 19.4 Å². The summed E-state index contributed by atoms with van der Waals surface area (Å²) in [7, 11) is 1.77. The van der Waals surface area contributed by atoms with E-state index in [1.165, 1.54) is 89.9 Å². The number of carbonyl (C=O) groups is 1. The van der Waals surface area contributed by atoms with Crippen LogP contribution in [-0.2, 0) is 23.1 Å². The zero-order valence-electron chi connectivity index (χ0n) is 26.9. The Morgan fingerprint density at radius 3 is 1.70 bits per heavy atom. The van der Waals surface area contributed by atoms with Crippen molar-refractivity contribution in [3.05, 3.63) is 0 Å². The minimum atomic E-state index is -4.18. The van der Waals surface area contributed by atoms with Gasteiger partial charge in [0.25, 0.3) is 0 Å². The van der Waals surface area contributed by atoms with E-state index in [4.69, 9.17) is 13.8 Å². The summed E-state index contributed by atoms with van der Waals surface area (Å²) in [5, 5.41) is 2.93. The van der Waals surface area contributed by atoms with Crippen molar-refractivity contribution in [2.45, 2.75) is 142 Å². The lowest BCUT2D eigenvalue weighted by Crippen LogP contribution is -2.37. The topological polar surface area (TPSA) is 94.1 Å². The van der Waals surface area contributed by atoms with E-state index in [1.807, 2.05) is 21.1 Å². The maximum absolute atomic E-state index is 12.4. The number of unbranched alkanes of at least 4 members (excludes halogenated alkanes) is 16. The number of amides is 1. The molecule has 0 radical (unpaired) electrons. The third-order valence-electron chi connectivity index (χ3n) is 7.08. The van der Waals surface area contributed by atoms with Crippen LogP contribution in [0.4, 0.5) is 0 Å². The number of ether oxygens (including phenoxy) is 1. The zero-order chi connectivity index (χ0) is 30.0. The first kappa shape index (κ1) is 39.5. The number of rotatable bonds is 30. The standard InChI is InChI=1S/C31H65N2O6P/c1-6-8-10-12-14-15-16-17-18-20-22-24-31(34)32-28-30(37-26-23-21-19-13-11-9-7-2)29-39-40(35,36)38-27-25-33(3,4)5/h30H,6-29H2,1-5H3,(H-,32,34,35,36)/p+1. The molecule has 0 aromatic rings. The van der Waals surface area contributed by atoms with Crippen molar-refractivity contribution >= 4 is 13.7 Å². The van der Waals surface area contributed by atoms with Crippen LogP contribution in [0.25, 0.3) is 0 Å². The second-order valence-corrected chi connectivity index (χ2v) is 13.8. The van der Waals surface area contributed by atoms with Gasteiger partial charge in [0.15, 0.2) is 0 Å². The molecule has 240 valence electrons. The molecule has 0 bridgehead atoms. The van der Waals surface area contributed by atoms with E-state index in [1.54, 1.807) is 0 Å². The number of likely N-dealkylation sites (N-methyl/N-ethyl adjacent to an activating group) is 1. The van der Waals surface area contributed by atoms with E-state index in [-0.39, 0.29) is 25.7 Å². The molecule has 0 fully saturated rings. The quantitative estimate of drug-likeness (QED) is 0.0502. The van der Waals surface area contributed by atoms with Crippen LogP contribution in [0.15, 0.2) is 0 Å². The summed E-state index contributed by atoms with van der Waals surface area (Å²) in [6.45, 7) is 5.86. The van der Waals surface area contributed by atoms with Crippen LogP contribution in [-0.4, -0.2) is 75.4 Å². The van der Waals surface area contributed by atoms with Gasteiger partial charge in [-0.3, -0.25) is 13.8 Å². The van der Waals surface area contributed by atoms with Gasteiger partial charge in [-0.2, -0.15) is 0 Å². The fraction of sp³-hybridized carbons (Fsp3) is 0.968. The Labute approximate surface area is 247 Å². The van der Waals surface area contributed by atoms with Crippen molar-refractivity contribution in [1.29, 1.82) is 0 Å². The maximum atomic E-state index is 12.4. The summed E-state index contributed by atoms with van der Waals surface area (Å²) in [5.74, 6) is -0.00757. The Balaban J connectivity index is 4.29. The average Bonchev–Trinajstić information content (AvgIpc) is 2.89. The summed E-state index contributed by atoms with van der Waals surface area (Å²) in [6.07, 6.45) is 22.0. The molecule has 0 spiro atoms. The largest absolute Gasteiger partial charge is 0.472 e. The lowest BCUT2D eigenvalue weighted by Gasteiger charge is -2.24. The Bertz CT molecular complexity index is 629. The molecule has 0 aromatic carbocycles. The first-order chi connectivity index (χ1) is 19.1. The Morgan fingerprint density at radius 2 is 1.20 bits per heavy atom. The first-order valence-corrected chi connectivity index (χ1v) is 17.9. The van der Waals surface area contributed by atoms with Crippen molar-refractivity contribution < 1.29 is 32.5 Å². The third-order valence-corrected chi connectivity index (χ3v) is 8.06. The van der Waals surface area contributed by atoms with Gasteiger partial charge in [0, 0.05) is 19.6 Å². The van der Waals surface area contributed by atoms with E-state index < -0.39 is 13.9 Å². The monoisotopic (exact) mass is 593 g/mol. The van der Waals surface area contributed by atoms with Crippen LogP contribution >= 0.6 is 7.82 Å². The minimum absolute atomic E-state index is 0.00757. The summed E-state index contributed by atoms with van der Waals surface area (Å²) >= 11 is 0. The van der Waals surface area contributed by atoms with Crippen LogP contribution in [0.2, 0.25) is 0 Å². The summed E-state index contributed by atoms with van der Waals surface area (Å²) in [4.78, 5) is 22.5. The molecule has 0 aliphatic carbocycles. The Kier molecular flexibility index (Phi) is 25.8. The van der Waals surface area contributed by atoms with Gasteiger partial charge in [-0.05, 0) is 12.8 Å². The van der Waals surface area contributed by atoms with Gasteiger partial charge >= 0.3 is 7.82 Å². The molecule has 8 nitrogen and oxygen atoms in total. The fourth-order valence-corrected chi connectivity index (χ4v) is 5.13. The van der Waals surface area contributed by atoms with Crippen molar-refractivity contribution in [1.82, 2.24) is 5.32 Å². The number of phosphoric acid groups is 1. The Morgan fingerprint density at radius 1 is 0.725 bits per heavy atom. The van der Waals surface area contributed by atoms with E-state index >= 15 is 0 Å². The van der Waals surface area contributed by atoms with Gasteiger partial charge in [0.2, 0.25) is 5.91 Å². The highest BCUT2D eigenvalue weighted by atomic mass is 31.2. The molecule has 0 aliphatic heterocycles. The van der Waals surface area contributed by atoms with Crippen molar-refractivity contribution in [2.24, 2.45) is 0 Å². The second-order valence-electron chi connectivity index (χ2n) is 12.3. The third kappa shape index (κ3) is 29.0. The highest BCUT2D eigenvalue weighted by molar-refractivity contribution is 7.47. The highest BCUT2D eigenvalue weighted by Crippen LogP contribution is 2.43. The normalized spacial score (nSPS) is 14.2. The van der Waals surface area contributed by atoms with Crippen molar-refractivity contribution in [3.63, 3.8) is 0 Å². The second kappa shape index (κ2) is 26.2. The van der Waals surface area contributed by atoms with Crippen LogP contribution in [0.3, 0.4) is 0 Å². The lowest BCUT2D eigenvalue weighted by molar-refractivity contribution is -0.870. The molecule has 2 N–H and O–H groups in total. The SMILES string of the molecule is CCCCCCCCCCCCCC(=O)NCC(COP(=O)(O)OCC[N+](C)(C)C)OCCCCCCCCC. The molecule has 0 heterocycles. The molecule has 1 amide bonds. The van der Waals surface area contributed by atoms with Gasteiger partial charge in [0.1, 0.15) is 13.2 Å². The minimum Gasteiger partial charge on any atom is -0.374 e. The predicted octanol–water partition coefficient (Wildman–Crippen LogP) is 7.78. The number of phosphoric ester groups is 1. The Hall–Kier alpha value is -0.500. The van der Waals surface area contributed by atoms with Crippen LogP contribution in [0.5, 0.6) is 0 Å².